The average molecular weight is 327 g/mol. The lowest BCUT2D eigenvalue weighted by atomic mass is 10.0. The summed E-state index contributed by atoms with van der Waals surface area (Å²) in [5.74, 6) is 0. The second-order valence-corrected chi connectivity index (χ2v) is 7.13. The minimum atomic E-state index is -3.47. The summed E-state index contributed by atoms with van der Waals surface area (Å²) >= 11 is 0. The minimum Gasteiger partial charge on any atom is -0.445 e. The van der Waals surface area contributed by atoms with Crippen LogP contribution < -0.4 is 0 Å². The summed E-state index contributed by atoms with van der Waals surface area (Å²) in [5, 5.41) is 0. The van der Waals surface area contributed by atoms with Crippen molar-refractivity contribution >= 4 is 16.2 Å². The first-order valence-electron chi connectivity index (χ1n) is 7.21. The van der Waals surface area contributed by atoms with Crippen molar-refractivity contribution in [3.05, 3.63) is 35.9 Å². The topological polar surface area (TPSA) is 72.9 Å². The molecule has 1 amide bonds. The number of rotatable bonds is 4. The Balaban J connectivity index is 1.84. The Hall–Kier alpha value is -1.60. The second kappa shape index (κ2) is 7.11. The van der Waals surface area contributed by atoms with Gasteiger partial charge < -0.3 is 9.64 Å². The summed E-state index contributed by atoms with van der Waals surface area (Å²) in [6, 6.07) is 9.34. The number of carbonyl (C=O) groups excluding carboxylic acids is 1. The highest BCUT2D eigenvalue weighted by atomic mass is 32.2. The molecular weight excluding hydrogens is 306 g/mol. The number of hydrogen-bond acceptors (Lipinski definition) is 5. The quantitative estimate of drug-likeness (QED) is 0.792. The van der Waals surface area contributed by atoms with Gasteiger partial charge in [-0.2, -0.15) is 8.42 Å². The van der Waals surface area contributed by atoms with Gasteiger partial charge in [-0.05, 0) is 25.3 Å². The van der Waals surface area contributed by atoms with Crippen molar-refractivity contribution < 1.29 is 22.1 Å². The highest BCUT2D eigenvalue weighted by Crippen LogP contribution is 2.22. The van der Waals surface area contributed by atoms with Gasteiger partial charge in [-0.15, -0.1) is 0 Å². The molecule has 7 heteroatoms. The van der Waals surface area contributed by atoms with E-state index in [4.69, 9.17) is 8.92 Å². The lowest BCUT2D eigenvalue weighted by molar-refractivity contribution is 0.0423. The molecule has 0 radical (unpaired) electrons. The van der Waals surface area contributed by atoms with Crippen molar-refractivity contribution in [2.45, 2.75) is 38.5 Å². The van der Waals surface area contributed by atoms with Crippen LogP contribution in [-0.4, -0.2) is 44.4 Å². The summed E-state index contributed by atoms with van der Waals surface area (Å²) in [6.07, 6.45) is 1.25. The Bertz CT molecular complexity index is 602. The lowest BCUT2D eigenvalue weighted by Gasteiger charge is -2.36. The first-order chi connectivity index (χ1) is 10.3. The highest BCUT2D eigenvalue weighted by molar-refractivity contribution is 7.86. The number of ether oxygens (including phenoxy) is 1. The van der Waals surface area contributed by atoms with E-state index < -0.39 is 10.1 Å². The van der Waals surface area contributed by atoms with Gasteiger partial charge in [0.2, 0.25) is 0 Å². The average Bonchev–Trinajstić information content (AvgIpc) is 2.44. The van der Waals surface area contributed by atoms with Gasteiger partial charge >= 0.3 is 6.09 Å². The number of piperidine rings is 1. The van der Waals surface area contributed by atoms with Gasteiger partial charge in [0.1, 0.15) is 6.61 Å². The molecule has 122 valence electrons. The third-order valence-corrected chi connectivity index (χ3v) is 4.20. The van der Waals surface area contributed by atoms with Gasteiger partial charge in [0.25, 0.3) is 10.1 Å². The van der Waals surface area contributed by atoms with Gasteiger partial charge in [0.15, 0.2) is 0 Å². The van der Waals surface area contributed by atoms with E-state index in [1.54, 1.807) is 4.90 Å². The van der Waals surface area contributed by atoms with Gasteiger partial charge in [-0.25, -0.2) is 4.79 Å². The zero-order chi connectivity index (χ0) is 16.2. The molecule has 22 heavy (non-hydrogen) atoms. The van der Waals surface area contributed by atoms with E-state index in [0.29, 0.717) is 19.4 Å². The third-order valence-electron chi connectivity index (χ3n) is 3.58. The molecule has 1 aliphatic heterocycles. The van der Waals surface area contributed by atoms with E-state index in [0.717, 1.165) is 11.8 Å². The molecule has 2 atom stereocenters. The zero-order valence-corrected chi connectivity index (χ0v) is 13.6. The molecule has 1 saturated heterocycles. The van der Waals surface area contributed by atoms with Crippen LogP contribution in [0.2, 0.25) is 0 Å². The molecule has 1 aromatic carbocycles. The van der Waals surface area contributed by atoms with Gasteiger partial charge in [-0.3, -0.25) is 4.18 Å². The molecule has 1 aliphatic rings. The summed E-state index contributed by atoms with van der Waals surface area (Å²) in [5.41, 5.74) is 0.929. The molecule has 1 fully saturated rings. The number of likely N-dealkylation sites (tertiary alicyclic amines) is 1. The van der Waals surface area contributed by atoms with E-state index in [9.17, 15) is 13.2 Å². The number of hydrogen-bond donors (Lipinski definition) is 0. The van der Waals surface area contributed by atoms with Crippen LogP contribution in [0.25, 0.3) is 0 Å². The monoisotopic (exact) mass is 327 g/mol. The van der Waals surface area contributed by atoms with Crippen molar-refractivity contribution in [2.75, 3.05) is 12.8 Å². The van der Waals surface area contributed by atoms with Crippen LogP contribution in [0, 0.1) is 0 Å². The van der Waals surface area contributed by atoms with Gasteiger partial charge in [0, 0.05) is 12.6 Å². The summed E-state index contributed by atoms with van der Waals surface area (Å²) in [7, 11) is -3.47. The van der Waals surface area contributed by atoms with Crippen LogP contribution >= 0.6 is 0 Å². The van der Waals surface area contributed by atoms with E-state index in [1.807, 2.05) is 37.3 Å². The molecule has 0 aromatic heterocycles. The molecule has 0 spiro atoms. The summed E-state index contributed by atoms with van der Waals surface area (Å²) < 4.78 is 32.6. The van der Waals surface area contributed by atoms with Crippen LogP contribution in [-0.2, 0) is 25.6 Å². The molecule has 0 bridgehead atoms. The molecular formula is C15H21NO5S. The van der Waals surface area contributed by atoms with Crippen molar-refractivity contribution in [1.82, 2.24) is 4.90 Å². The Labute approximate surface area is 131 Å². The van der Waals surface area contributed by atoms with Crippen LogP contribution in [0.3, 0.4) is 0 Å². The Kier molecular flexibility index (Phi) is 5.42. The minimum absolute atomic E-state index is 0.122. The van der Waals surface area contributed by atoms with Crippen molar-refractivity contribution in [1.29, 1.82) is 0 Å². The number of carbonyl (C=O) groups is 1. The molecule has 0 aliphatic carbocycles. The SMILES string of the molecule is CC1CC(OS(C)(=O)=O)CCN1C(=O)OCc1ccccc1. The predicted molar refractivity (Wildman–Crippen MR) is 81.7 cm³/mol. The molecule has 1 aromatic rings. The lowest BCUT2D eigenvalue weighted by Crippen LogP contribution is -2.47. The maximum absolute atomic E-state index is 12.1. The highest BCUT2D eigenvalue weighted by Gasteiger charge is 2.31. The first kappa shape index (κ1) is 16.8. The van der Waals surface area contributed by atoms with E-state index >= 15 is 0 Å². The smallest absolute Gasteiger partial charge is 0.410 e. The Morgan fingerprint density at radius 3 is 2.59 bits per heavy atom. The Morgan fingerprint density at radius 1 is 1.32 bits per heavy atom. The largest absolute Gasteiger partial charge is 0.445 e. The zero-order valence-electron chi connectivity index (χ0n) is 12.8. The third kappa shape index (κ3) is 4.99. The molecule has 0 saturated carbocycles. The first-order valence-corrected chi connectivity index (χ1v) is 9.02. The number of nitrogens with zero attached hydrogens (tertiary/aromatic N) is 1. The predicted octanol–water partition coefficient (Wildman–Crippen LogP) is 2.15. The van der Waals surface area contributed by atoms with Crippen molar-refractivity contribution in [2.24, 2.45) is 0 Å². The number of benzene rings is 1. The Morgan fingerprint density at radius 2 is 2.00 bits per heavy atom. The standard InChI is InChI=1S/C15H21NO5S/c1-12-10-14(21-22(2,18)19)8-9-16(12)15(17)20-11-13-6-4-3-5-7-13/h3-7,12,14H,8-11H2,1-2H3. The van der Waals surface area contributed by atoms with Gasteiger partial charge in [-0.1, -0.05) is 30.3 Å². The summed E-state index contributed by atoms with van der Waals surface area (Å²) in [6.45, 7) is 2.52. The van der Waals surface area contributed by atoms with Crippen LogP contribution in [0.1, 0.15) is 25.3 Å². The maximum atomic E-state index is 12.1. The fourth-order valence-corrected chi connectivity index (χ4v) is 3.21. The van der Waals surface area contributed by atoms with Crippen molar-refractivity contribution in [3.63, 3.8) is 0 Å². The molecule has 6 nitrogen and oxygen atoms in total. The van der Waals surface area contributed by atoms with Crippen LogP contribution in [0.15, 0.2) is 30.3 Å². The van der Waals surface area contributed by atoms with E-state index in [2.05, 4.69) is 0 Å². The molecule has 1 heterocycles. The van der Waals surface area contributed by atoms with Crippen LogP contribution in [0.4, 0.5) is 4.79 Å². The normalized spacial score (nSPS) is 22.4. The second-order valence-electron chi connectivity index (χ2n) is 5.53. The van der Waals surface area contributed by atoms with E-state index in [1.165, 1.54) is 0 Å². The molecule has 0 N–H and O–H groups in total. The molecule has 2 unspecified atom stereocenters. The summed E-state index contributed by atoms with van der Waals surface area (Å²) in [4.78, 5) is 13.7. The fourth-order valence-electron chi connectivity index (χ4n) is 2.54. The number of amides is 1. The maximum Gasteiger partial charge on any atom is 0.410 e. The van der Waals surface area contributed by atoms with E-state index in [-0.39, 0.29) is 24.8 Å². The van der Waals surface area contributed by atoms with Crippen LogP contribution in [0.5, 0.6) is 0 Å². The van der Waals surface area contributed by atoms with Gasteiger partial charge in [0.05, 0.1) is 12.4 Å². The molecule has 2 rings (SSSR count). The van der Waals surface area contributed by atoms with Crippen molar-refractivity contribution in [3.8, 4) is 0 Å². The fraction of sp³-hybridized carbons (Fsp3) is 0.533.